The third-order valence-corrected chi connectivity index (χ3v) is 7.15. The zero-order valence-corrected chi connectivity index (χ0v) is 19.3. The standard InChI is InChI=1S/C24H30N4OS/c1-6-20(22(29)28-21-11-15(2)9-10-26-21)30-23-17(14-25)12-16-13-18(24(3,4)5)7-8-19(16)27-23/h9-12,18,20H,6-8,13H2,1-5H3,(H,26,28,29). The monoisotopic (exact) mass is 422 g/mol. The quantitative estimate of drug-likeness (QED) is 0.660. The molecule has 1 aliphatic carbocycles. The van der Waals surface area contributed by atoms with Crippen LogP contribution < -0.4 is 5.32 Å². The van der Waals surface area contributed by atoms with Crippen molar-refractivity contribution in [3.63, 3.8) is 0 Å². The summed E-state index contributed by atoms with van der Waals surface area (Å²) in [6.45, 7) is 10.8. The summed E-state index contributed by atoms with van der Waals surface area (Å²) in [5.74, 6) is 1.02. The van der Waals surface area contributed by atoms with Gasteiger partial charge in [0.25, 0.3) is 0 Å². The van der Waals surface area contributed by atoms with Crippen LogP contribution in [-0.4, -0.2) is 21.1 Å². The zero-order valence-electron chi connectivity index (χ0n) is 18.5. The molecular formula is C24H30N4OS. The number of anilines is 1. The normalized spacial score (nSPS) is 17.0. The lowest BCUT2D eigenvalue weighted by atomic mass is 9.71. The molecular weight excluding hydrogens is 392 g/mol. The van der Waals surface area contributed by atoms with Gasteiger partial charge in [0.05, 0.1) is 10.8 Å². The first-order chi connectivity index (χ1) is 14.2. The van der Waals surface area contributed by atoms with Gasteiger partial charge >= 0.3 is 0 Å². The van der Waals surface area contributed by atoms with Crippen molar-refractivity contribution in [1.29, 1.82) is 5.26 Å². The molecule has 1 amide bonds. The second-order valence-electron chi connectivity index (χ2n) is 9.09. The average Bonchev–Trinajstić information content (AvgIpc) is 2.70. The van der Waals surface area contributed by atoms with Gasteiger partial charge in [-0.1, -0.05) is 39.5 Å². The van der Waals surface area contributed by atoms with Crippen molar-refractivity contribution in [1.82, 2.24) is 9.97 Å². The first kappa shape index (κ1) is 22.3. The molecule has 158 valence electrons. The van der Waals surface area contributed by atoms with Gasteiger partial charge in [0.2, 0.25) is 5.91 Å². The van der Waals surface area contributed by atoms with Crippen molar-refractivity contribution < 1.29 is 4.79 Å². The fraction of sp³-hybridized carbons (Fsp3) is 0.500. The van der Waals surface area contributed by atoms with Crippen molar-refractivity contribution >= 4 is 23.5 Å². The number of pyridine rings is 2. The molecule has 2 atom stereocenters. The fourth-order valence-corrected chi connectivity index (χ4v) is 4.82. The molecule has 5 nitrogen and oxygen atoms in total. The number of rotatable bonds is 5. The van der Waals surface area contributed by atoms with Crippen LogP contribution in [0.2, 0.25) is 0 Å². The molecule has 2 heterocycles. The Hall–Kier alpha value is -2.39. The average molecular weight is 423 g/mol. The van der Waals surface area contributed by atoms with Gasteiger partial charge in [-0.15, -0.1) is 0 Å². The molecule has 0 saturated carbocycles. The van der Waals surface area contributed by atoms with Crippen LogP contribution in [0.4, 0.5) is 5.82 Å². The topological polar surface area (TPSA) is 78.7 Å². The van der Waals surface area contributed by atoms with Crippen molar-refractivity contribution in [2.75, 3.05) is 5.32 Å². The molecule has 1 aliphatic rings. The van der Waals surface area contributed by atoms with E-state index in [1.165, 1.54) is 17.3 Å². The van der Waals surface area contributed by atoms with Crippen molar-refractivity contribution in [3.8, 4) is 6.07 Å². The number of nitrogens with one attached hydrogen (secondary N) is 1. The molecule has 0 saturated heterocycles. The molecule has 3 rings (SSSR count). The van der Waals surface area contributed by atoms with Crippen molar-refractivity contribution in [2.45, 2.75) is 70.6 Å². The van der Waals surface area contributed by atoms with Gasteiger partial charge in [-0.2, -0.15) is 5.26 Å². The minimum Gasteiger partial charge on any atom is -0.310 e. The van der Waals surface area contributed by atoms with Crippen LogP contribution in [-0.2, 0) is 17.6 Å². The summed E-state index contributed by atoms with van der Waals surface area (Å²) in [5.41, 5.74) is 4.11. The number of hydrogen-bond acceptors (Lipinski definition) is 5. The summed E-state index contributed by atoms with van der Waals surface area (Å²) in [4.78, 5) is 21.9. The Kier molecular flexibility index (Phi) is 6.82. The second kappa shape index (κ2) is 9.18. The number of nitriles is 1. The van der Waals surface area contributed by atoms with Gasteiger partial charge in [0.1, 0.15) is 16.9 Å². The third-order valence-electron chi connectivity index (χ3n) is 5.78. The van der Waals surface area contributed by atoms with E-state index in [0.717, 1.165) is 30.5 Å². The van der Waals surface area contributed by atoms with Gasteiger partial charge in [-0.25, -0.2) is 9.97 Å². The predicted octanol–water partition coefficient (Wildman–Crippen LogP) is 5.32. The first-order valence-corrected chi connectivity index (χ1v) is 11.4. The highest BCUT2D eigenvalue weighted by atomic mass is 32.2. The molecule has 1 N–H and O–H groups in total. The minimum atomic E-state index is -0.337. The first-order valence-electron chi connectivity index (χ1n) is 10.5. The van der Waals surface area contributed by atoms with Crippen LogP contribution in [0.5, 0.6) is 0 Å². The zero-order chi connectivity index (χ0) is 21.9. The molecule has 0 bridgehead atoms. The number of carbonyl (C=O) groups excluding carboxylic acids is 1. The number of aromatic nitrogens is 2. The Labute approximate surface area is 183 Å². The number of thioether (sulfide) groups is 1. The Morgan fingerprint density at radius 1 is 1.40 bits per heavy atom. The summed E-state index contributed by atoms with van der Waals surface area (Å²) in [5, 5.41) is 12.9. The van der Waals surface area contributed by atoms with E-state index in [4.69, 9.17) is 4.98 Å². The molecule has 2 aromatic heterocycles. The molecule has 0 radical (unpaired) electrons. The van der Waals surface area contributed by atoms with Gasteiger partial charge in [0, 0.05) is 11.9 Å². The molecule has 30 heavy (non-hydrogen) atoms. The SMILES string of the molecule is CCC(Sc1nc2c(cc1C#N)CC(C(C)(C)C)CC2)C(=O)Nc1cc(C)ccn1. The van der Waals surface area contributed by atoms with Crippen LogP contribution in [0.15, 0.2) is 29.4 Å². The largest absolute Gasteiger partial charge is 0.310 e. The number of nitrogens with zero attached hydrogens (tertiary/aromatic N) is 3. The second-order valence-corrected chi connectivity index (χ2v) is 10.3. The highest BCUT2D eigenvalue weighted by molar-refractivity contribution is 8.00. The van der Waals surface area contributed by atoms with E-state index in [1.807, 2.05) is 32.0 Å². The number of hydrogen-bond donors (Lipinski definition) is 1. The fourth-order valence-electron chi connectivity index (χ4n) is 3.82. The molecule has 0 aliphatic heterocycles. The number of carbonyl (C=O) groups is 1. The van der Waals surface area contributed by atoms with E-state index in [1.54, 1.807) is 6.20 Å². The summed E-state index contributed by atoms with van der Waals surface area (Å²) in [7, 11) is 0. The molecule has 0 aromatic carbocycles. The Balaban J connectivity index is 1.79. The smallest absolute Gasteiger partial charge is 0.239 e. The number of aryl methyl sites for hydroxylation is 2. The van der Waals surface area contributed by atoms with E-state index < -0.39 is 0 Å². The maximum absolute atomic E-state index is 12.8. The summed E-state index contributed by atoms with van der Waals surface area (Å²) in [6.07, 6.45) is 5.31. The van der Waals surface area contributed by atoms with E-state index in [9.17, 15) is 10.1 Å². The highest BCUT2D eigenvalue weighted by Gasteiger charge is 2.30. The molecule has 6 heteroatoms. The van der Waals surface area contributed by atoms with Crippen LogP contribution in [0.1, 0.15) is 62.9 Å². The Morgan fingerprint density at radius 3 is 2.80 bits per heavy atom. The van der Waals surface area contributed by atoms with Gasteiger partial charge in [-0.05, 0) is 73.3 Å². The van der Waals surface area contributed by atoms with Crippen molar-refractivity contribution in [2.24, 2.45) is 11.3 Å². The maximum Gasteiger partial charge on any atom is 0.239 e. The van der Waals surface area contributed by atoms with Crippen LogP contribution >= 0.6 is 11.8 Å². The molecule has 0 spiro atoms. The lowest BCUT2D eigenvalue weighted by Gasteiger charge is -2.34. The minimum absolute atomic E-state index is 0.114. The van der Waals surface area contributed by atoms with E-state index in [-0.39, 0.29) is 16.6 Å². The third kappa shape index (κ3) is 5.20. The van der Waals surface area contributed by atoms with E-state index in [0.29, 0.717) is 28.7 Å². The molecule has 2 aromatic rings. The van der Waals surface area contributed by atoms with Gasteiger partial charge < -0.3 is 5.32 Å². The molecule has 0 fully saturated rings. The van der Waals surface area contributed by atoms with Gasteiger partial charge in [0.15, 0.2) is 0 Å². The Morgan fingerprint density at radius 2 is 2.17 bits per heavy atom. The highest BCUT2D eigenvalue weighted by Crippen LogP contribution is 2.38. The van der Waals surface area contributed by atoms with E-state index >= 15 is 0 Å². The Bertz CT molecular complexity index is 974. The van der Waals surface area contributed by atoms with Gasteiger partial charge in [-0.3, -0.25) is 4.79 Å². The van der Waals surface area contributed by atoms with Crippen molar-refractivity contribution in [3.05, 3.63) is 46.8 Å². The predicted molar refractivity (Wildman–Crippen MR) is 121 cm³/mol. The van der Waals surface area contributed by atoms with Crippen LogP contribution in [0.3, 0.4) is 0 Å². The molecule has 2 unspecified atom stereocenters. The number of amides is 1. The lowest BCUT2D eigenvalue weighted by molar-refractivity contribution is -0.115. The summed E-state index contributed by atoms with van der Waals surface area (Å²) in [6, 6.07) is 8.03. The van der Waals surface area contributed by atoms with Crippen LogP contribution in [0.25, 0.3) is 0 Å². The van der Waals surface area contributed by atoms with E-state index in [2.05, 4.69) is 37.1 Å². The lowest BCUT2D eigenvalue weighted by Crippen LogP contribution is -2.28. The maximum atomic E-state index is 12.8. The van der Waals surface area contributed by atoms with Crippen LogP contribution in [0, 0.1) is 29.6 Å². The summed E-state index contributed by atoms with van der Waals surface area (Å²) < 4.78 is 0. The number of fused-ring (bicyclic) bond motifs is 1. The summed E-state index contributed by atoms with van der Waals surface area (Å²) >= 11 is 1.38.